The van der Waals surface area contributed by atoms with E-state index in [2.05, 4.69) is 23.7 Å². The number of ether oxygens (including phenoxy) is 1. The zero-order chi connectivity index (χ0) is 14.5. The van der Waals surface area contributed by atoms with E-state index in [-0.39, 0.29) is 5.92 Å². The molecule has 0 bridgehead atoms. The number of nitrogens with zero attached hydrogens (tertiary/aromatic N) is 2. The minimum absolute atomic E-state index is 0.290. The van der Waals surface area contributed by atoms with Gasteiger partial charge in [0, 0.05) is 19.2 Å². The summed E-state index contributed by atoms with van der Waals surface area (Å²) in [6.07, 6.45) is 2.83. The van der Waals surface area contributed by atoms with Crippen molar-refractivity contribution in [3.05, 3.63) is 21.7 Å². The van der Waals surface area contributed by atoms with Crippen LogP contribution in [0.2, 0.25) is 0 Å². The molecule has 5 nitrogen and oxygen atoms in total. The molecule has 20 heavy (non-hydrogen) atoms. The number of aliphatic carboxylic acids is 1. The normalized spacial score (nSPS) is 17.1. The van der Waals surface area contributed by atoms with Crippen molar-refractivity contribution >= 4 is 23.4 Å². The minimum Gasteiger partial charge on any atom is -0.478 e. The molecule has 0 amide bonds. The first-order valence-electron chi connectivity index (χ1n) is 6.77. The summed E-state index contributed by atoms with van der Waals surface area (Å²) < 4.78 is 5.33. The fraction of sp³-hybridized carbons (Fsp3) is 0.571. The highest BCUT2D eigenvalue weighted by atomic mass is 32.1. The Kier molecular flexibility index (Phi) is 5.28. The number of carboxylic acid groups (broad SMARTS) is 1. The molecule has 110 valence electrons. The van der Waals surface area contributed by atoms with Crippen LogP contribution in [0.5, 0.6) is 0 Å². The molecule has 0 aliphatic carbocycles. The Morgan fingerprint density at radius 3 is 2.80 bits per heavy atom. The Hall–Kier alpha value is -1.24. The molecule has 1 N–H and O–H groups in total. The summed E-state index contributed by atoms with van der Waals surface area (Å²) in [7, 11) is 0. The Balaban J connectivity index is 2.13. The largest absolute Gasteiger partial charge is 0.478 e. The first kappa shape index (κ1) is 15.2. The van der Waals surface area contributed by atoms with Crippen LogP contribution in [0, 0.1) is 0 Å². The van der Waals surface area contributed by atoms with Crippen LogP contribution >= 0.6 is 11.3 Å². The zero-order valence-corrected chi connectivity index (χ0v) is 12.7. The van der Waals surface area contributed by atoms with Gasteiger partial charge in [0.05, 0.1) is 30.3 Å². The number of hydrogen-bond donors (Lipinski definition) is 1. The minimum atomic E-state index is -0.928. The van der Waals surface area contributed by atoms with Crippen molar-refractivity contribution in [2.45, 2.75) is 26.3 Å². The van der Waals surface area contributed by atoms with E-state index in [1.165, 1.54) is 6.08 Å². The van der Waals surface area contributed by atoms with Gasteiger partial charge in [0.1, 0.15) is 5.01 Å². The Morgan fingerprint density at radius 2 is 2.20 bits per heavy atom. The van der Waals surface area contributed by atoms with Gasteiger partial charge in [0.15, 0.2) is 0 Å². The molecule has 1 aromatic rings. The molecule has 0 saturated carbocycles. The third kappa shape index (κ3) is 4.13. The van der Waals surface area contributed by atoms with Gasteiger partial charge >= 0.3 is 5.97 Å². The Labute approximate surface area is 122 Å². The summed E-state index contributed by atoms with van der Waals surface area (Å²) in [5, 5.41) is 9.79. The van der Waals surface area contributed by atoms with Crippen LogP contribution < -0.4 is 0 Å². The molecule has 2 heterocycles. The van der Waals surface area contributed by atoms with Crippen molar-refractivity contribution in [1.82, 2.24) is 9.88 Å². The van der Waals surface area contributed by atoms with Crippen LogP contribution in [0.15, 0.2) is 6.08 Å². The molecule has 2 rings (SSSR count). The Morgan fingerprint density at radius 1 is 1.50 bits per heavy atom. The quantitative estimate of drug-likeness (QED) is 0.844. The van der Waals surface area contributed by atoms with Gasteiger partial charge in [-0.05, 0) is 12.0 Å². The number of thiazole rings is 1. The van der Waals surface area contributed by atoms with E-state index in [0.717, 1.165) is 48.4 Å². The second-order valence-corrected chi connectivity index (χ2v) is 6.19. The fourth-order valence-corrected chi connectivity index (χ4v) is 3.26. The van der Waals surface area contributed by atoms with Crippen molar-refractivity contribution in [1.29, 1.82) is 0 Å². The van der Waals surface area contributed by atoms with E-state index in [1.807, 2.05) is 0 Å². The summed E-state index contributed by atoms with van der Waals surface area (Å²) >= 11 is 1.58. The van der Waals surface area contributed by atoms with Crippen LogP contribution in [0.3, 0.4) is 0 Å². The van der Waals surface area contributed by atoms with Gasteiger partial charge in [-0.2, -0.15) is 0 Å². The third-order valence-corrected chi connectivity index (χ3v) is 4.13. The maximum absolute atomic E-state index is 10.7. The molecule has 0 atom stereocenters. The van der Waals surface area contributed by atoms with Gasteiger partial charge < -0.3 is 9.84 Å². The van der Waals surface area contributed by atoms with Crippen LogP contribution in [0.1, 0.15) is 35.3 Å². The number of rotatable bonds is 5. The number of aromatic nitrogens is 1. The van der Waals surface area contributed by atoms with Gasteiger partial charge in [0.25, 0.3) is 0 Å². The first-order chi connectivity index (χ1) is 9.56. The standard InChI is InChI=1S/C14H20N2O3S/c1-10(2)14-11(3-4-13(17)18)20-12(15-14)9-16-5-7-19-8-6-16/h3-4,10H,5-9H2,1-2H3,(H,17,18)/b4-3+. The zero-order valence-electron chi connectivity index (χ0n) is 11.8. The lowest BCUT2D eigenvalue weighted by atomic mass is 10.1. The smallest absolute Gasteiger partial charge is 0.328 e. The molecular formula is C14H20N2O3S. The van der Waals surface area contributed by atoms with E-state index in [1.54, 1.807) is 17.4 Å². The van der Waals surface area contributed by atoms with Gasteiger partial charge in [-0.25, -0.2) is 9.78 Å². The average molecular weight is 296 g/mol. The highest BCUT2D eigenvalue weighted by molar-refractivity contribution is 7.12. The van der Waals surface area contributed by atoms with Crippen molar-refractivity contribution < 1.29 is 14.6 Å². The first-order valence-corrected chi connectivity index (χ1v) is 7.58. The topological polar surface area (TPSA) is 62.7 Å². The lowest BCUT2D eigenvalue weighted by Crippen LogP contribution is -2.35. The molecule has 6 heteroatoms. The number of carboxylic acids is 1. The summed E-state index contributed by atoms with van der Waals surface area (Å²) in [6, 6.07) is 0. The molecule has 1 aliphatic rings. The predicted molar refractivity (Wildman–Crippen MR) is 79.0 cm³/mol. The van der Waals surface area contributed by atoms with Gasteiger partial charge in [0.2, 0.25) is 0 Å². The van der Waals surface area contributed by atoms with Gasteiger partial charge in [-0.3, -0.25) is 4.90 Å². The fourth-order valence-electron chi connectivity index (χ4n) is 2.09. The number of morpholine rings is 1. The average Bonchev–Trinajstić information content (AvgIpc) is 2.81. The predicted octanol–water partition coefficient (Wildman–Crippen LogP) is 2.20. The van der Waals surface area contributed by atoms with E-state index < -0.39 is 5.97 Å². The molecule has 0 spiro atoms. The molecule has 0 aromatic carbocycles. The van der Waals surface area contributed by atoms with Gasteiger partial charge in [-0.1, -0.05) is 13.8 Å². The van der Waals surface area contributed by atoms with Crippen molar-refractivity contribution in [3.63, 3.8) is 0 Å². The molecular weight excluding hydrogens is 276 g/mol. The summed E-state index contributed by atoms with van der Waals surface area (Å²) in [5.41, 5.74) is 0.982. The summed E-state index contributed by atoms with van der Waals surface area (Å²) in [5.74, 6) is -0.638. The van der Waals surface area contributed by atoms with E-state index in [0.29, 0.717) is 0 Å². The van der Waals surface area contributed by atoms with Crippen LogP contribution in [0.4, 0.5) is 0 Å². The molecule has 1 saturated heterocycles. The highest BCUT2D eigenvalue weighted by Crippen LogP contribution is 2.27. The second-order valence-electron chi connectivity index (χ2n) is 5.07. The highest BCUT2D eigenvalue weighted by Gasteiger charge is 2.16. The van der Waals surface area contributed by atoms with E-state index in [4.69, 9.17) is 9.84 Å². The van der Waals surface area contributed by atoms with Crippen LogP contribution in [-0.4, -0.2) is 47.3 Å². The van der Waals surface area contributed by atoms with Crippen LogP contribution in [-0.2, 0) is 16.1 Å². The van der Waals surface area contributed by atoms with E-state index >= 15 is 0 Å². The maximum atomic E-state index is 10.7. The SMILES string of the molecule is CC(C)c1nc(CN2CCOCC2)sc1/C=C/C(=O)O. The van der Waals surface area contributed by atoms with Crippen molar-refractivity contribution in [2.24, 2.45) is 0 Å². The monoisotopic (exact) mass is 296 g/mol. The molecule has 0 radical (unpaired) electrons. The number of carbonyl (C=O) groups is 1. The van der Waals surface area contributed by atoms with E-state index in [9.17, 15) is 4.79 Å². The Bertz CT molecular complexity index is 491. The van der Waals surface area contributed by atoms with Crippen molar-refractivity contribution in [2.75, 3.05) is 26.3 Å². The summed E-state index contributed by atoms with van der Waals surface area (Å²) in [6.45, 7) is 8.36. The third-order valence-electron chi connectivity index (χ3n) is 3.11. The number of hydrogen-bond acceptors (Lipinski definition) is 5. The lowest BCUT2D eigenvalue weighted by molar-refractivity contribution is -0.131. The second kappa shape index (κ2) is 6.97. The molecule has 1 aromatic heterocycles. The molecule has 1 aliphatic heterocycles. The lowest BCUT2D eigenvalue weighted by Gasteiger charge is -2.25. The van der Waals surface area contributed by atoms with Crippen molar-refractivity contribution in [3.8, 4) is 0 Å². The summed E-state index contributed by atoms with van der Waals surface area (Å²) in [4.78, 5) is 18.6. The van der Waals surface area contributed by atoms with Gasteiger partial charge in [-0.15, -0.1) is 11.3 Å². The molecule has 1 fully saturated rings. The maximum Gasteiger partial charge on any atom is 0.328 e. The van der Waals surface area contributed by atoms with Crippen LogP contribution in [0.25, 0.3) is 6.08 Å². The molecule has 0 unspecified atom stereocenters.